The number of aromatic carboxylic acids is 1. The standard InChI is InChI=1S/C12H15FN2O3/c1-2-3-6-14-12(18)15-10-5-4-8(11(16)17)7-9(10)13/h4-5,7H,2-3,6H2,1H3,(H,16,17)(H2,14,15,18). The van der Waals surface area contributed by atoms with Gasteiger partial charge in [0.15, 0.2) is 0 Å². The van der Waals surface area contributed by atoms with Crippen molar-refractivity contribution in [2.75, 3.05) is 11.9 Å². The van der Waals surface area contributed by atoms with Crippen molar-refractivity contribution in [2.45, 2.75) is 19.8 Å². The topological polar surface area (TPSA) is 78.4 Å². The number of unbranched alkanes of at least 4 members (excludes halogenated alkanes) is 1. The van der Waals surface area contributed by atoms with Gasteiger partial charge in [-0.15, -0.1) is 0 Å². The Bertz CT molecular complexity index is 449. The highest BCUT2D eigenvalue weighted by molar-refractivity contribution is 5.91. The normalized spacial score (nSPS) is 9.89. The Labute approximate surface area is 104 Å². The first kappa shape index (κ1) is 14.0. The number of nitrogens with one attached hydrogen (secondary N) is 2. The second-order valence-electron chi connectivity index (χ2n) is 3.73. The lowest BCUT2D eigenvalue weighted by Crippen LogP contribution is -2.29. The predicted octanol–water partition coefficient (Wildman–Crippen LogP) is 2.45. The average molecular weight is 254 g/mol. The van der Waals surface area contributed by atoms with Gasteiger partial charge in [0.2, 0.25) is 0 Å². The fourth-order valence-corrected chi connectivity index (χ4v) is 1.29. The van der Waals surface area contributed by atoms with E-state index in [1.54, 1.807) is 0 Å². The number of carboxylic acid groups (broad SMARTS) is 1. The number of urea groups is 1. The molecule has 5 nitrogen and oxygen atoms in total. The van der Waals surface area contributed by atoms with E-state index in [0.29, 0.717) is 6.54 Å². The van der Waals surface area contributed by atoms with E-state index in [9.17, 15) is 14.0 Å². The maximum atomic E-state index is 13.5. The molecule has 0 radical (unpaired) electrons. The summed E-state index contributed by atoms with van der Waals surface area (Å²) in [6.45, 7) is 2.50. The molecule has 0 aliphatic heterocycles. The molecule has 3 N–H and O–H groups in total. The van der Waals surface area contributed by atoms with Crippen LogP contribution in [0.4, 0.5) is 14.9 Å². The minimum absolute atomic E-state index is 0.0472. The highest BCUT2D eigenvalue weighted by Crippen LogP contribution is 2.15. The fourth-order valence-electron chi connectivity index (χ4n) is 1.29. The van der Waals surface area contributed by atoms with Crippen LogP contribution in [0.5, 0.6) is 0 Å². The number of carbonyl (C=O) groups is 2. The largest absolute Gasteiger partial charge is 0.478 e. The summed E-state index contributed by atoms with van der Waals surface area (Å²) in [6.07, 6.45) is 1.79. The Morgan fingerprint density at radius 1 is 1.39 bits per heavy atom. The lowest BCUT2D eigenvalue weighted by atomic mass is 10.2. The number of anilines is 1. The summed E-state index contributed by atoms with van der Waals surface area (Å²) in [5.41, 5.74) is -0.210. The van der Waals surface area contributed by atoms with Gasteiger partial charge in [-0.1, -0.05) is 13.3 Å². The number of hydrogen-bond acceptors (Lipinski definition) is 2. The highest BCUT2D eigenvalue weighted by Gasteiger charge is 2.10. The molecule has 0 unspecified atom stereocenters. The van der Waals surface area contributed by atoms with Gasteiger partial charge in [0.1, 0.15) is 5.82 Å². The number of hydrogen-bond donors (Lipinski definition) is 3. The Kier molecular flexibility index (Phi) is 5.10. The van der Waals surface area contributed by atoms with Gasteiger partial charge in [0.25, 0.3) is 0 Å². The van der Waals surface area contributed by atoms with Crippen LogP contribution in [0.1, 0.15) is 30.1 Å². The van der Waals surface area contributed by atoms with Crippen LogP contribution in [-0.2, 0) is 0 Å². The smallest absolute Gasteiger partial charge is 0.335 e. The fraction of sp³-hybridized carbons (Fsp3) is 0.333. The van der Waals surface area contributed by atoms with Crippen molar-refractivity contribution in [1.29, 1.82) is 0 Å². The van der Waals surface area contributed by atoms with Crippen molar-refractivity contribution >= 4 is 17.7 Å². The quantitative estimate of drug-likeness (QED) is 0.706. The number of rotatable bonds is 5. The molecule has 98 valence electrons. The van der Waals surface area contributed by atoms with Gasteiger partial charge < -0.3 is 15.7 Å². The molecule has 0 bridgehead atoms. The summed E-state index contributed by atoms with van der Waals surface area (Å²) in [5.74, 6) is -1.99. The summed E-state index contributed by atoms with van der Waals surface area (Å²) in [4.78, 5) is 21.9. The average Bonchev–Trinajstić information content (AvgIpc) is 2.32. The zero-order chi connectivity index (χ0) is 13.5. The van der Waals surface area contributed by atoms with E-state index in [1.807, 2.05) is 6.92 Å². The zero-order valence-electron chi connectivity index (χ0n) is 10.00. The third kappa shape index (κ3) is 4.04. The summed E-state index contributed by atoms with van der Waals surface area (Å²) in [6, 6.07) is 2.81. The van der Waals surface area contributed by atoms with Gasteiger partial charge in [-0.25, -0.2) is 14.0 Å². The van der Waals surface area contributed by atoms with Crippen LogP contribution in [0.25, 0.3) is 0 Å². The Hall–Kier alpha value is -2.11. The monoisotopic (exact) mass is 254 g/mol. The van der Waals surface area contributed by atoms with Gasteiger partial charge >= 0.3 is 12.0 Å². The maximum absolute atomic E-state index is 13.5. The Morgan fingerprint density at radius 2 is 2.11 bits per heavy atom. The molecule has 0 saturated carbocycles. The van der Waals surface area contributed by atoms with Crippen molar-refractivity contribution in [3.8, 4) is 0 Å². The second kappa shape index (κ2) is 6.58. The molecule has 0 aliphatic rings. The number of carboxylic acids is 1. The first-order valence-electron chi connectivity index (χ1n) is 5.62. The van der Waals surface area contributed by atoms with E-state index in [0.717, 1.165) is 18.9 Å². The van der Waals surface area contributed by atoms with Crippen molar-refractivity contribution in [1.82, 2.24) is 5.32 Å². The van der Waals surface area contributed by atoms with E-state index in [1.165, 1.54) is 12.1 Å². The third-order valence-electron chi connectivity index (χ3n) is 2.28. The Balaban J connectivity index is 2.62. The van der Waals surface area contributed by atoms with E-state index in [4.69, 9.17) is 5.11 Å². The van der Waals surface area contributed by atoms with E-state index in [2.05, 4.69) is 10.6 Å². The van der Waals surface area contributed by atoms with Crippen LogP contribution in [0.3, 0.4) is 0 Å². The summed E-state index contributed by atoms with van der Waals surface area (Å²) >= 11 is 0. The second-order valence-corrected chi connectivity index (χ2v) is 3.73. The van der Waals surface area contributed by atoms with Crippen LogP contribution in [0.2, 0.25) is 0 Å². The first-order valence-corrected chi connectivity index (χ1v) is 5.62. The van der Waals surface area contributed by atoms with Gasteiger partial charge in [0, 0.05) is 6.54 Å². The molecule has 0 fully saturated rings. The molecule has 1 aromatic rings. The predicted molar refractivity (Wildman–Crippen MR) is 65.3 cm³/mol. The SMILES string of the molecule is CCCCNC(=O)Nc1ccc(C(=O)O)cc1F. The van der Waals surface area contributed by atoms with Gasteiger partial charge in [-0.05, 0) is 24.6 Å². The molecule has 2 amide bonds. The molecule has 0 aromatic heterocycles. The molecule has 18 heavy (non-hydrogen) atoms. The molecule has 6 heteroatoms. The van der Waals surface area contributed by atoms with Crippen molar-refractivity contribution < 1.29 is 19.1 Å². The number of amides is 2. The Morgan fingerprint density at radius 3 is 2.67 bits per heavy atom. The van der Waals surface area contributed by atoms with Gasteiger partial charge in [-0.3, -0.25) is 0 Å². The number of halogens is 1. The van der Waals surface area contributed by atoms with Gasteiger partial charge in [0.05, 0.1) is 11.3 Å². The lowest BCUT2D eigenvalue weighted by molar-refractivity contribution is 0.0696. The molecular formula is C12H15FN2O3. The molecular weight excluding hydrogens is 239 g/mol. The summed E-state index contributed by atoms with van der Waals surface area (Å²) < 4.78 is 13.5. The van der Waals surface area contributed by atoms with E-state index >= 15 is 0 Å². The van der Waals surface area contributed by atoms with Crippen molar-refractivity contribution in [3.05, 3.63) is 29.6 Å². The van der Waals surface area contributed by atoms with Crippen LogP contribution in [0, 0.1) is 5.82 Å². The van der Waals surface area contributed by atoms with E-state index in [-0.39, 0.29) is 11.3 Å². The molecule has 1 rings (SSSR count). The molecule has 1 aromatic carbocycles. The van der Waals surface area contributed by atoms with Crippen LogP contribution >= 0.6 is 0 Å². The van der Waals surface area contributed by atoms with Crippen molar-refractivity contribution in [2.24, 2.45) is 0 Å². The molecule has 0 spiro atoms. The molecule has 0 saturated heterocycles. The molecule has 0 aliphatic carbocycles. The minimum Gasteiger partial charge on any atom is -0.478 e. The minimum atomic E-state index is -1.21. The lowest BCUT2D eigenvalue weighted by Gasteiger charge is -2.08. The first-order chi connectivity index (χ1) is 8.54. The van der Waals surface area contributed by atoms with Gasteiger partial charge in [-0.2, -0.15) is 0 Å². The third-order valence-corrected chi connectivity index (χ3v) is 2.28. The number of carbonyl (C=O) groups excluding carboxylic acids is 1. The van der Waals surface area contributed by atoms with Crippen LogP contribution in [0.15, 0.2) is 18.2 Å². The highest BCUT2D eigenvalue weighted by atomic mass is 19.1. The zero-order valence-corrected chi connectivity index (χ0v) is 10.00. The molecule has 0 atom stereocenters. The summed E-state index contributed by atoms with van der Waals surface area (Å²) in [7, 11) is 0. The van der Waals surface area contributed by atoms with E-state index < -0.39 is 17.8 Å². The van der Waals surface area contributed by atoms with Crippen molar-refractivity contribution in [3.63, 3.8) is 0 Å². The summed E-state index contributed by atoms with van der Waals surface area (Å²) in [5, 5.41) is 13.5. The van der Waals surface area contributed by atoms with Crippen LogP contribution in [-0.4, -0.2) is 23.7 Å². The van der Waals surface area contributed by atoms with Crippen LogP contribution < -0.4 is 10.6 Å². The number of benzene rings is 1. The maximum Gasteiger partial charge on any atom is 0.335 e. The molecule has 0 heterocycles.